The van der Waals surface area contributed by atoms with Crippen molar-refractivity contribution in [1.82, 2.24) is 4.98 Å². The monoisotopic (exact) mass is 460 g/mol. The van der Waals surface area contributed by atoms with Gasteiger partial charge in [-0.05, 0) is 52.9 Å². The molecule has 4 nitrogen and oxygen atoms in total. The topological polar surface area (TPSA) is 62.2 Å². The number of nitrogens with zero attached hydrogens (tertiary/aromatic N) is 1. The maximum absolute atomic E-state index is 12.1. The van der Waals surface area contributed by atoms with Crippen molar-refractivity contribution in [2.75, 3.05) is 11.1 Å². The molecule has 156 valence electrons. The number of rotatable bonds is 7. The maximum atomic E-state index is 12.1. The molecule has 1 heterocycles. The number of carbonyl (C=O) groups excluding carboxylic acids is 1. The minimum absolute atomic E-state index is 0.118. The van der Waals surface area contributed by atoms with Crippen molar-refractivity contribution < 1.29 is 9.90 Å². The summed E-state index contributed by atoms with van der Waals surface area (Å²) in [6.07, 6.45) is 3.81. The molecule has 3 aromatic rings. The van der Waals surface area contributed by atoms with Crippen LogP contribution in [0.3, 0.4) is 0 Å². The summed E-state index contributed by atoms with van der Waals surface area (Å²) in [6, 6.07) is 12.7. The van der Waals surface area contributed by atoms with Crippen molar-refractivity contribution in [3.63, 3.8) is 0 Å². The van der Waals surface area contributed by atoms with Gasteiger partial charge in [0.2, 0.25) is 5.91 Å². The molecule has 0 unspecified atom stereocenters. The molecule has 0 aliphatic heterocycles. The van der Waals surface area contributed by atoms with E-state index in [-0.39, 0.29) is 17.6 Å². The number of pyridine rings is 1. The van der Waals surface area contributed by atoms with E-state index in [1.807, 2.05) is 38.1 Å². The fourth-order valence-electron chi connectivity index (χ4n) is 2.99. The van der Waals surface area contributed by atoms with Gasteiger partial charge in [-0.1, -0.05) is 49.2 Å². The Morgan fingerprint density at radius 1 is 1.10 bits per heavy atom. The van der Waals surface area contributed by atoms with E-state index in [1.54, 1.807) is 30.6 Å². The van der Waals surface area contributed by atoms with Crippen LogP contribution in [-0.2, 0) is 11.2 Å². The average Bonchev–Trinajstić information content (AvgIpc) is 2.71. The first-order valence-corrected chi connectivity index (χ1v) is 11.2. The number of benzene rings is 2. The SMILES string of the molecule is CC(C)c1cc(Cc2c(Cl)cc(SCC(=O)Nc3ccncc3)cc2Cl)ccc1O. The predicted octanol–water partition coefficient (Wildman–Crippen LogP) is 6.54. The van der Waals surface area contributed by atoms with Gasteiger partial charge in [-0.15, -0.1) is 11.8 Å². The molecular formula is C23H22Cl2N2O2S. The quantitative estimate of drug-likeness (QED) is 0.392. The number of aromatic nitrogens is 1. The molecular weight excluding hydrogens is 439 g/mol. The molecule has 0 aliphatic rings. The van der Waals surface area contributed by atoms with Crippen LogP contribution < -0.4 is 5.32 Å². The summed E-state index contributed by atoms with van der Waals surface area (Å²) in [5, 5.41) is 14.0. The molecule has 1 amide bonds. The van der Waals surface area contributed by atoms with Crippen molar-refractivity contribution in [3.8, 4) is 5.75 Å². The van der Waals surface area contributed by atoms with Crippen molar-refractivity contribution in [2.45, 2.75) is 31.1 Å². The van der Waals surface area contributed by atoms with Crippen LogP contribution in [0.5, 0.6) is 5.75 Å². The number of phenolic OH excluding ortho intramolecular Hbond substituents is 1. The number of hydrogen-bond acceptors (Lipinski definition) is 4. The molecule has 0 spiro atoms. The zero-order chi connectivity index (χ0) is 21.7. The van der Waals surface area contributed by atoms with Crippen LogP contribution in [0.2, 0.25) is 10.0 Å². The van der Waals surface area contributed by atoms with Gasteiger partial charge in [0.25, 0.3) is 0 Å². The summed E-state index contributed by atoms with van der Waals surface area (Å²) >= 11 is 14.4. The zero-order valence-corrected chi connectivity index (χ0v) is 19.0. The summed E-state index contributed by atoms with van der Waals surface area (Å²) in [6.45, 7) is 4.07. The molecule has 2 aromatic carbocycles. The normalized spacial score (nSPS) is 11.0. The fourth-order valence-corrected chi connectivity index (χ4v) is 4.52. The minimum Gasteiger partial charge on any atom is -0.508 e. The number of nitrogens with one attached hydrogen (secondary N) is 1. The molecule has 0 atom stereocenters. The van der Waals surface area contributed by atoms with Gasteiger partial charge in [0.05, 0.1) is 5.75 Å². The summed E-state index contributed by atoms with van der Waals surface area (Å²) in [5.74, 6) is 0.632. The second kappa shape index (κ2) is 10.2. The molecule has 30 heavy (non-hydrogen) atoms. The van der Waals surface area contributed by atoms with Crippen molar-refractivity contribution >= 4 is 46.6 Å². The molecule has 0 radical (unpaired) electrons. The number of aromatic hydroxyl groups is 1. The highest BCUT2D eigenvalue weighted by atomic mass is 35.5. The number of carbonyl (C=O) groups is 1. The molecule has 2 N–H and O–H groups in total. The Hall–Kier alpha value is -2.21. The van der Waals surface area contributed by atoms with E-state index in [0.717, 1.165) is 21.6 Å². The van der Waals surface area contributed by atoms with Crippen LogP contribution in [0.1, 0.15) is 36.5 Å². The van der Waals surface area contributed by atoms with E-state index in [4.69, 9.17) is 23.2 Å². The molecule has 0 saturated carbocycles. The van der Waals surface area contributed by atoms with Gasteiger partial charge < -0.3 is 10.4 Å². The highest BCUT2D eigenvalue weighted by molar-refractivity contribution is 8.00. The lowest BCUT2D eigenvalue weighted by molar-refractivity contribution is -0.113. The highest BCUT2D eigenvalue weighted by Gasteiger charge is 2.13. The van der Waals surface area contributed by atoms with Crippen molar-refractivity contribution in [3.05, 3.63) is 81.6 Å². The number of thioether (sulfide) groups is 1. The van der Waals surface area contributed by atoms with Gasteiger partial charge in [-0.2, -0.15) is 0 Å². The Morgan fingerprint density at radius 2 is 1.77 bits per heavy atom. The Labute approximate surface area is 190 Å². The number of hydrogen-bond donors (Lipinski definition) is 2. The fraction of sp³-hybridized carbons (Fsp3) is 0.217. The Kier molecular flexibility index (Phi) is 7.64. The lowest BCUT2D eigenvalue weighted by Gasteiger charge is -2.13. The predicted molar refractivity (Wildman–Crippen MR) is 125 cm³/mol. The maximum Gasteiger partial charge on any atom is 0.234 e. The first-order chi connectivity index (χ1) is 14.3. The molecule has 3 rings (SSSR count). The Balaban J connectivity index is 1.68. The first kappa shape index (κ1) is 22.5. The van der Waals surface area contributed by atoms with E-state index in [1.165, 1.54) is 11.8 Å². The zero-order valence-electron chi connectivity index (χ0n) is 16.7. The molecule has 0 bridgehead atoms. The van der Waals surface area contributed by atoms with Gasteiger partial charge >= 0.3 is 0 Å². The number of halogens is 2. The lowest BCUT2D eigenvalue weighted by atomic mass is 9.96. The summed E-state index contributed by atoms with van der Waals surface area (Å²) in [4.78, 5) is 16.9. The van der Waals surface area contributed by atoms with E-state index < -0.39 is 0 Å². The van der Waals surface area contributed by atoms with Crippen LogP contribution in [0.15, 0.2) is 59.8 Å². The Morgan fingerprint density at radius 3 is 2.40 bits per heavy atom. The summed E-state index contributed by atoms with van der Waals surface area (Å²) in [5.41, 5.74) is 3.45. The number of phenols is 1. The lowest BCUT2D eigenvalue weighted by Crippen LogP contribution is -2.13. The van der Waals surface area contributed by atoms with E-state index in [2.05, 4.69) is 10.3 Å². The molecule has 0 fully saturated rings. The van der Waals surface area contributed by atoms with E-state index in [0.29, 0.717) is 27.9 Å². The number of amides is 1. The first-order valence-electron chi connectivity index (χ1n) is 9.46. The van der Waals surface area contributed by atoms with Gasteiger partial charge in [0.1, 0.15) is 5.75 Å². The van der Waals surface area contributed by atoms with Gasteiger partial charge in [0, 0.05) is 39.4 Å². The third-order valence-electron chi connectivity index (χ3n) is 4.54. The second-order valence-electron chi connectivity index (χ2n) is 7.16. The minimum atomic E-state index is -0.118. The highest BCUT2D eigenvalue weighted by Crippen LogP contribution is 2.34. The smallest absolute Gasteiger partial charge is 0.234 e. The molecule has 0 aliphatic carbocycles. The van der Waals surface area contributed by atoms with Gasteiger partial charge in [-0.25, -0.2) is 0 Å². The van der Waals surface area contributed by atoms with Crippen molar-refractivity contribution in [1.29, 1.82) is 0 Å². The molecule has 7 heteroatoms. The third-order valence-corrected chi connectivity index (χ3v) is 6.19. The second-order valence-corrected chi connectivity index (χ2v) is 9.03. The average molecular weight is 461 g/mol. The van der Waals surface area contributed by atoms with Crippen LogP contribution in [0, 0.1) is 0 Å². The standard InChI is InChI=1S/C23H22Cl2N2O2S/c1-14(2)18-9-15(3-4-22(18)28)10-19-20(24)11-17(12-21(19)25)30-13-23(29)27-16-5-7-26-8-6-16/h3-9,11-12,14,28H,10,13H2,1-2H3,(H,26,27,29). The van der Waals surface area contributed by atoms with E-state index in [9.17, 15) is 9.90 Å². The van der Waals surface area contributed by atoms with Crippen molar-refractivity contribution in [2.24, 2.45) is 0 Å². The van der Waals surface area contributed by atoms with Gasteiger partial charge in [-0.3, -0.25) is 9.78 Å². The van der Waals surface area contributed by atoms with Gasteiger partial charge in [0.15, 0.2) is 0 Å². The molecule has 1 aromatic heterocycles. The number of anilines is 1. The third kappa shape index (κ3) is 5.91. The Bertz CT molecular complexity index is 1020. The van der Waals surface area contributed by atoms with Crippen LogP contribution in [0.25, 0.3) is 0 Å². The molecule has 0 saturated heterocycles. The van der Waals surface area contributed by atoms with Crippen LogP contribution >= 0.6 is 35.0 Å². The van der Waals surface area contributed by atoms with E-state index >= 15 is 0 Å². The van der Waals surface area contributed by atoms with Crippen LogP contribution in [-0.4, -0.2) is 21.8 Å². The largest absolute Gasteiger partial charge is 0.508 e. The summed E-state index contributed by atoms with van der Waals surface area (Å²) < 4.78 is 0. The van der Waals surface area contributed by atoms with Crippen LogP contribution in [0.4, 0.5) is 5.69 Å². The summed E-state index contributed by atoms with van der Waals surface area (Å²) in [7, 11) is 0.